The summed E-state index contributed by atoms with van der Waals surface area (Å²) in [6.07, 6.45) is -12.1. The number of carbonyl (C=O) groups is 1. The van der Waals surface area contributed by atoms with E-state index in [1.807, 2.05) is 0 Å². The van der Waals surface area contributed by atoms with E-state index in [4.69, 9.17) is 28.4 Å². The first kappa shape index (κ1) is 48.1. The topological polar surface area (TPSA) is 275 Å². The van der Waals surface area contributed by atoms with Crippen molar-refractivity contribution in [3.63, 3.8) is 0 Å². The predicted octanol–water partition coefficient (Wildman–Crippen LogP) is 0.390. The molecule has 63 heavy (non-hydrogen) atoms. The number of hydrogen-bond acceptors (Lipinski definition) is 17. The summed E-state index contributed by atoms with van der Waals surface area (Å²) in [4.78, 5) is 14.6. The molecular formula is C46H74O17. The Balaban J connectivity index is 1.01. The van der Waals surface area contributed by atoms with Gasteiger partial charge >= 0.3 is 5.97 Å². The van der Waals surface area contributed by atoms with Gasteiger partial charge in [0.05, 0.1) is 32.0 Å². The van der Waals surface area contributed by atoms with E-state index in [9.17, 15) is 55.9 Å². The zero-order chi connectivity index (χ0) is 46.0. The summed E-state index contributed by atoms with van der Waals surface area (Å²) < 4.78 is 35.0. The molecule has 0 bridgehead atoms. The number of fused-ring (bicyclic) bond motifs is 7. The molecule has 7 fully saturated rings. The van der Waals surface area contributed by atoms with Crippen LogP contribution < -0.4 is 0 Å². The van der Waals surface area contributed by atoms with E-state index in [1.165, 1.54) is 5.57 Å². The lowest BCUT2D eigenvalue weighted by molar-refractivity contribution is -0.340. The van der Waals surface area contributed by atoms with E-state index in [0.29, 0.717) is 32.1 Å². The molecule has 10 N–H and O–H groups in total. The minimum absolute atomic E-state index is 0.130. The fourth-order valence-corrected chi connectivity index (χ4v) is 14.5. The Hall–Kier alpha value is -1.39. The van der Waals surface area contributed by atoms with E-state index in [2.05, 4.69) is 54.5 Å². The maximum atomic E-state index is 14.6. The largest absolute Gasteiger partial charge is 0.432 e. The summed E-state index contributed by atoms with van der Waals surface area (Å²) >= 11 is 0. The molecule has 8 rings (SSSR count). The van der Waals surface area contributed by atoms with Gasteiger partial charge in [-0.3, -0.25) is 4.79 Å². The van der Waals surface area contributed by atoms with Gasteiger partial charge in [-0.25, -0.2) is 0 Å². The van der Waals surface area contributed by atoms with E-state index >= 15 is 0 Å². The van der Waals surface area contributed by atoms with Crippen molar-refractivity contribution in [1.29, 1.82) is 0 Å². The van der Waals surface area contributed by atoms with Crippen LogP contribution >= 0.6 is 0 Å². The van der Waals surface area contributed by atoms with Gasteiger partial charge in [0, 0.05) is 0 Å². The van der Waals surface area contributed by atoms with Crippen LogP contribution in [0.5, 0.6) is 0 Å². The van der Waals surface area contributed by atoms with Crippen LogP contribution in [0.3, 0.4) is 0 Å². The van der Waals surface area contributed by atoms with Crippen LogP contribution in [0.4, 0.5) is 0 Å². The molecule has 22 atom stereocenters. The first-order valence-corrected chi connectivity index (χ1v) is 23.2. The van der Waals surface area contributed by atoms with Gasteiger partial charge in [-0.05, 0) is 103 Å². The second-order valence-electron chi connectivity index (χ2n) is 22.7. The van der Waals surface area contributed by atoms with Crippen LogP contribution in [0, 0.1) is 50.2 Å². The van der Waals surface area contributed by atoms with Crippen LogP contribution in [0.1, 0.15) is 106 Å². The summed E-state index contributed by atoms with van der Waals surface area (Å²) in [5.41, 5.74) is -1.61. The van der Waals surface area contributed by atoms with Crippen LogP contribution in [-0.4, -0.2) is 169 Å². The summed E-state index contributed by atoms with van der Waals surface area (Å²) in [6.45, 7) is 14.8. The zero-order valence-electron chi connectivity index (χ0n) is 37.8. The monoisotopic (exact) mass is 898 g/mol. The van der Waals surface area contributed by atoms with E-state index in [0.717, 1.165) is 25.7 Å². The molecule has 17 heteroatoms. The third kappa shape index (κ3) is 7.50. The minimum atomic E-state index is -1.64. The molecule has 8 aliphatic rings. The maximum absolute atomic E-state index is 14.6. The third-order valence-corrected chi connectivity index (χ3v) is 18.5. The molecule has 0 unspecified atom stereocenters. The quantitative estimate of drug-likeness (QED) is 0.0941. The molecule has 0 aromatic rings. The van der Waals surface area contributed by atoms with Gasteiger partial charge in [-0.2, -0.15) is 0 Å². The summed E-state index contributed by atoms with van der Waals surface area (Å²) in [7, 11) is 0. The number of hydrogen-bond donors (Lipinski definition) is 10. The summed E-state index contributed by atoms with van der Waals surface area (Å²) in [6, 6.07) is 0. The first-order chi connectivity index (χ1) is 29.3. The van der Waals surface area contributed by atoms with Gasteiger partial charge in [0.15, 0.2) is 12.6 Å². The maximum Gasteiger partial charge on any atom is 0.317 e. The van der Waals surface area contributed by atoms with Gasteiger partial charge in [0.2, 0.25) is 6.29 Å². The SMILES string of the molecule is CC1(C)CC[C@]2(C(=O)O[C@@H]3OC[C@H](O)[C@H](O)[C@H]3O)[C@H](O)C[C@]3(C)C(=CC[C@@H]4[C@@]5(C)CC[C@H](O[C@@H]6O[C@H](CO[C@@H]7OC[C@H](O)[C@H](O)[C@H]7O)[C@@H](O)[C@H](O)[C@H]6O)C(C)(C)[C@@H]5CC[C@]43C)[C@@H]2C1. The zero-order valence-corrected chi connectivity index (χ0v) is 37.8. The van der Waals surface area contributed by atoms with E-state index < -0.39 is 114 Å². The van der Waals surface area contributed by atoms with Crippen LogP contribution in [0.25, 0.3) is 0 Å². The Bertz CT molecular complexity index is 1730. The number of esters is 1. The highest BCUT2D eigenvalue weighted by Gasteiger charge is 2.72. The van der Waals surface area contributed by atoms with Gasteiger partial charge in [-0.15, -0.1) is 0 Å². The second-order valence-corrected chi connectivity index (χ2v) is 22.7. The summed E-state index contributed by atoms with van der Waals surface area (Å²) in [5.74, 6) is -0.631. The van der Waals surface area contributed by atoms with Crippen LogP contribution in [-0.2, 0) is 33.2 Å². The molecule has 0 amide bonds. The van der Waals surface area contributed by atoms with Crippen molar-refractivity contribution in [3.8, 4) is 0 Å². The Morgan fingerprint density at radius 2 is 1.30 bits per heavy atom. The molecular weight excluding hydrogens is 824 g/mol. The number of aliphatic hydroxyl groups excluding tert-OH is 10. The van der Waals surface area contributed by atoms with Crippen LogP contribution in [0.2, 0.25) is 0 Å². The van der Waals surface area contributed by atoms with Crippen molar-refractivity contribution in [3.05, 3.63) is 11.6 Å². The summed E-state index contributed by atoms with van der Waals surface area (Å²) in [5, 5.41) is 107. The molecule has 3 aliphatic heterocycles. The highest BCUT2D eigenvalue weighted by atomic mass is 16.7. The number of rotatable bonds is 7. The van der Waals surface area contributed by atoms with Gasteiger partial charge < -0.3 is 79.5 Å². The standard InChI is InChI=1S/C46H74O17/c1-41(2)14-15-46(40(57)63-38-35(55)31(51)24(48)19-59-38)22(16-41)21-8-9-27-43(5)12-11-29(42(3,4)26(43)10-13-44(27,6)45(21,7)17-28(46)49)62-39-36(56)33(53)32(52)25(61-39)20-60-37-34(54)30(50)23(47)18-58-37/h8,22-39,47-56H,9-20H2,1-7H3/t22-,23-,24-,25+,26-,27+,28+,29-,30-,31-,32+,33-,34+,35+,36+,37-,38-,39-,43-,44+,45+,46+/m0/s1. The number of allylic oxidation sites excluding steroid dienone is 2. The Kier molecular flexibility index (Phi) is 12.7. The van der Waals surface area contributed by atoms with Gasteiger partial charge in [0.25, 0.3) is 0 Å². The number of ether oxygens (including phenoxy) is 6. The molecule has 4 saturated carbocycles. The lowest BCUT2D eigenvalue weighted by Crippen LogP contribution is -2.68. The molecule has 17 nitrogen and oxygen atoms in total. The minimum Gasteiger partial charge on any atom is -0.432 e. The second kappa shape index (κ2) is 16.7. The molecule has 360 valence electrons. The van der Waals surface area contributed by atoms with Crippen molar-refractivity contribution < 1.29 is 84.3 Å². The highest BCUT2D eigenvalue weighted by Crippen LogP contribution is 2.76. The smallest absolute Gasteiger partial charge is 0.317 e. The van der Waals surface area contributed by atoms with E-state index in [-0.39, 0.29) is 53.8 Å². The highest BCUT2D eigenvalue weighted by molar-refractivity contribution is 5.80. The van der Waals surface area contributed by atoms with Crippen molar-refractivity contribution in [2.75, 3.05) is 19.8 Å². The molecule has 3 heterocycles. The van der Waals surface area contributed by atoms with Crippen LogP contribution in [0.15, 0.2) is 11.6 Å². The molecule has 5 aliphatic carbocycles. The number of aliphatic hydroxyl groups is 10. The average molecular weight is 899 g/mol. The van der Waals surface area contributed by atoms with Crippen molar-refractivity contribution in [2.45, 2.75) is 198 Å². The van der Waals surface area contributed by atoms with Gasteiger partial charge in [-0.1, -0.05) is 60.1 Å². The normalized spacial score (nSPS) is 54.1. The Morgan fingerprint density at radius 3 is 1.97 bits per heavy atom. The predicted molar refractivity (Wildman–Crippen MR) is 220 cm³/mol. The Labute approximate surface area is 369 Å². The molecule has 0 aromatic carbocycles. The average Bonchev–Trinajstić information content (AvgIpc) is 3.21. The molecule has 3 saturated heterocycles. The van der Waals surface area contributed by atoms with Crippen molar-refractivity contribution in [1.82, 2.24) is 0 Å². The fraction of sp³-hybridized carbons (Fsp3) is 0.935. The Morgan fingerprint density at radius 1 is 0.683 bits per heavy atom. The fourth-order valence-electron chi connectivity index (χ4n) is 14.5. The molecule has 0 spiro atoms. The third-order valence-electron chi connectivity index (χ3n) is 18.5. The molecule has 0 aromatic heterocycles. The van der Waals surface area contributed by atoms with Gasteiger partial charge in [0.1, 0.15) is 66.5 Å². The first-order valence-electron chi connectivity index (χ1n) is 23.2. The lowest BCUT2D eigenvalue weighted by atomic mass is 9.33. The van der Waals surface area contributed by atoms with Crippen molar-refractivity contribution in [2.24, 2.45) is 50.2 Å². The lowest BCUT2D eigenvalue weighted by Gasteiger charge is -2.71. The van der Waals surface area contributed by atoms with E-state index in [1.54, 1.807) is 0 Å². The molecule has 0 radical (unpaired) electrons. The van der Waals surface area contributed by atoms with Crippen molar-refractivity contribution >= 4 is 5.97 Å². The number of carbonyl (C=O) groups excluding carboxylic acids is 1.